The zero-order valence-corrected chi connectivity index (χ0v) is 10.8. The number of hydrogen-bond donors (Lipinski definition) is 2. The van der Waals surface area contributed by atoms with E-state index < -0.39 is 0 Å². The molecule has 3 rings (SSSR count). The first-order chi connectivity index (χ1) is 9.33. The summed E-state index contributed by atoms with van der Waals surface area (Å²) in [6.07, 6.45) is 4.89. The normalized spacial score (nSPS) is 18.6. The number of ether oxygens (including phenoxy) is 2. The Kier molecular flexibility index (Phi) is 3.31. The first-order valence-corrected chi connectivity index (χ1v) is 6.34. The molecule has 0 aliphatic carbocycles. The second kappa shape index (κ2) is 5.10. The third-order valence-electron chi connectivity index (χ3n) is 3.64. The second-order valence-electron chi connectivity index (χ2n) is 4.68. The molecule has 1 aliphatic rings. The maximum Gasteiger partial charge on any atom is 0.182 e. The summed E-state index contributed by atoms with van der Waals surface area (Å²) in [5.74, 6) is 0.755. The Morgan fingerprint density at radius 2 is 2.21 bits per heavy atom. The average molecular weight is 263 g/mol. The number of H-pyrrole nitrogens is 1. The van der Waals surface area contributed by atoms with E-state index in [-0.39, 0.29) is 5.60 Å². The topological polar surface area (TPSA) is 85.0 Å². The van der Waals surface area contributed by atoms with Crippen LogP contribution in [0.15, 0.2) is 12.7 Å². The molecule has 102 valence electrons. The van der Waals surface area contributed by atoms with E-state index in [9.17, 15) is 0 Å². The van der Waals surface area contributed by atoms with Gasteiger partial charge in [-0.15, -0.1) is 0 Å². The van der Waals surface area contributed by atoms with E-state index in [4.69, 9.17) is 9.47 Å². The van der Waals surface area contributed by atoms with Gasteiger partial charge in [0.2, 0.25) is 0 Å². The van der Waals surface area contributed by atoms with E-state index in [1.165, 1.54) is 6.33 Å². The van der Waals surface area contributed by atoms with Gasteiger partial charge in [0.1, 0.15) is 11.8 Å². The molecule has 0 saturated carbocycles. The monoisotopic (exact) mass is 263 g/mol. The number of rotatable bonds is 4. The van der Waals surface area contributed by atoms with Crippen LogP contribution in [0.3, 0.4) is 0 Å². The van der Waals surface area contributed by atoms with Crippen LogP contribution in [0.5, 0.6) is 0 Å². The van der Waals surface area contributed by atoms with Gasteiger partial charge >= 0.3 is 0 Å². The fourth-order valence-electron chi connectivity index (χ4n) is 2.34. The molecule has 0 amide bonds. The maximum absolute atomic E-state index is 5.68. The van der Waals surface area contributed by atoms with Gasteiger partial charge < -0.3 is 19.8 Å². The van der Waals surface area contributed by atoms with Crippen LogP contribution in [0, 0.1) is 0 Å². The summed E-state index contributed by atoms with van der Waals surface area (Å²) in [7, 11) is 1.75. The molecular weight excluding hydrogens is 246 g/mol. The lowest BCUT2D eigenvalue weighted by molar-refractivity contribution is -0.0807. The van der Waals surface area contributed by atoms with Gasteiger partial charge in [0, 0.05) is 39.7 Å². The molecule has 1 aliphatic heterocycles. The molecule has 2 aromatic rings. The Bertz CT molecular complexity index is 550. The summed E-state index contributed by atoms with van der Waals surface area (Å²) < 4.78 is 11.1. The number of nitrogens with one attached hydrogen (secondary N) is 2. The maximum atomic E-state index is 5.68. The van der Waals surface area contributed by atoms with E-state index in [1.807, 2.05) is 0 Å². The van der Waals surface area contributed by atoms with Crippen LogP contribution in [-0.4, -0.2) is 52.4 Å². The molecule has 3 heterocycles. The zero-order valence-electron chi connectivity index (χ0n) is 10.8. The molecule has 2 N–H and O–H groups in total. The molecule has 0 aromatic carbocycles. The Morgan fingerprint density at radius 3 is 3.00 bits per heavy atom. The highest BCUT2D eigenvalue weighted by Crippen LogP contribution is 2.25. The number of fused-ring (bicyclic) bond motifs is 1. The number of anilines is 1. The van der Waals surface area contributed by atoms with Crippen molar-refractivity contribution in [2.24, 2.45) is 0 Å². The summed E-state index contributed by atoms with van der Waals surface area (Å²) in [4.78, 5) is 15.5. The van der Waals surface area contributed by atoms with Crippen molar-refractivity contribution in [2.45, 2.75) is 18.4 Å². The molecule has 7 nitrogen and oxygen atoms in total. The SMILES string of the molecule is COC1(CNc2ncnc3nc[nH]c23)CCOCC1. The summed E-state index contributed by atoms with van der Waals surface area (Å²) in [6.45, 7) is 2.16. The fourth-order valence-corrected chi connectivity index (χ4v) is 2.34. The second-order valence-corrected chi connectivity index (χ2v) is 4.68. The molecule has 0 atom stereocenters. The summed E-state index contributed by atoms with van der Waals surface area (Å²) in [6, 6.07) is 0. The van der Waals surface area contributed by atoms with E-state index in [1.54, 1.807) is 13.4 Å². The quantitative estimate of drug-likeness (QED) is 0.854. The van der Waals surface area contributed by atoms with Crippen molar-refractivity contribution >= 4 is 17.0 Å². The van der Waals surface area contributed by atoms with Crippen molar-refractivity contribution in [3.63, 3.8) is 0 Å². The number of imidazole rings is 1. The Balaban J connectivity index is 1.76. The van der Waals surface area contributed by atoms with Crippen molar-refractivity contribution in [1.82, 2.24) is 19.9 Å². The molecule has 19 heavy (non-hydrogen) atoms. The van der Waals surface area contributed by atoms with Gasteiger partial charge in [-0.05, 0) is 0 Å². The summed E-state index contributed by atoms with van der Waals surface area (Å²) in [5.41, 5.74) is 1.30. The molecule has 0 radical (unpaired) electrons. The molecule has 1 fully saturated rings. The highest BCUT2D eigenvalue weighted by Gasteiger charge is 2.32. The van der Waals surface area contributed by atoms with Crippen LogP contribution in [0.4, 0.5) is 5.82 Å². The van der Waals surface area contributed by atoms with Gasteiger partial charge in [-0.3, -0.25) is 0 Å². The molecule has 7 heteroatoms. The smallest absolute Gasteiger partial charge is 0.182 e. The van der Waals surface area contributed by atoms with Crippen LogP contribution in [-0.2, 0) is 9.47 Å². The van der Waals surface area contributed by atoms with Crippen molar-refractivity contribution < 1.29 is 9.47 Å². The highest BCUT2D eigenvalue weighted by molar-refractivity contribution is 5.81. The van der Waals surface area contributed by atoms with E-state index in [2.05, 4.69) is 25.3 Å². The first-order valence-electron chi connectivity index (χ1n) is 6.34. The van der Waals surface area contributed by atoms with Crippen LogP contribution >= 0.6 is 0 Å². The summed E-state index contributed by atoms with van der Waals surface area (Å²) >= 11 is 0. The minimum atomic E-state index is -0.185. The lowest BCUT2D eigenvalue weighted by Crippen LogP contribution is -2.44. The van der Waals surface area contributed by atoms with E-state index in [0.717, 1.165) is 37.4 Å². The lowest BCUT2D eigenvalue weighted by Gasteiger charge is -2.36. The fraction of sp³-hybridized carbons (Fsp3) is 0.583. The predicted molar refractivity (Wildman–Crippen MR) is 70.0 cm³/mol. The number of methoxy groups -OCH3 is 1. The number of nitrogens with zero attached hydrogens (tertiary/aromatic N) is 3. The molecule has 0 spiro atoms. The van der Waals surface area contributed by atoms with Gasteiger partial charge in [-0.1, -0.05) is 0 Å². The average Bonchev–Trinajstić information content (AvgIpc) is 2.95. The number of hydrogen-bond acceptors (Lipinski definition) is 6. The molecule has 0 bridgehead atoms. The van der Waals surface area contributed by atoms with Crippen LogP contribution < -0.4 is 5.32 Å². The molecular formula is C12H17N5O2. The van der Waals surface area contributed by atoms with Crippen molar-refractivity contribution in [2.75, 3.05) is 32.2 Å². The minimum absolute atomic E-state index is 0.185. The standard InChI is InChI=1S/C12H17N5O2/c1-18-12(2-4-19-5-3-12)6-13-10-9-11(15-7-14-9)17-8-16-10/h7-8H,2-6H2,1H3,(H2,13,14,15,16,17). The first kappa shape index (κ1) is 12.3. The molecule has 2 aromatic heterocycles. The van der Waals surface area contributed by atoms with Crippen molar-refractivity contribution in [3.05, 3.63) is 12.7 Å². The number of aromatic amines is 1. The Hall–Kier alpha value is -1.73. The van der Waals surface area contributed by atoms with E-state index in [0.29, 0.717) is 12.2 Å². The molecule has 0 unspecified atom stereocenters. The van der Waals surface area contributed by atoms with Crippen LogP contribution in [0.1, 0.15) is 12.8 Å². The minimum Gasteiger partial charge on any atom is -0.381 e. The van der Waals surface area contributed by atoms with Crippen LogP contribution in [0.25, 0.3) is 11.2 Å². The van der Waals surface area contributed by atoms with Gasteiger partial charge in [0.15, 0.2) is 11.5 Å². The van der Waals surface area contributed by atoms with Crippen LogP contribution in [0.2, 0.25) is 0 Å². The zero-order chi connectivity index (χ0) is 13.1. The number of aromatic nitrogens is 4. The van der Waals surface area contributed by atoms with Crippen molar-refractivity contribution in [1.29, 1.82) is 0 Å². The van der Waals surface area contributed by atoms with Gasteiger partial charge in [0.25, 0.3) is 0 Å². The third kappa shape index (κ3) is 2.39. The predicted octanol–water partition coefficient (Wildman–Crippen LogP) is 0.960. The van der Waals surface area contributed by atoms with Gasteiger partial charge in [0.05, 0.1) is 11.9 Å². The summed E-state index contributed by atoms with van der Waals surface area (Å²) in [5, 5.41) is 3.33. The van der Waals surface area contributed by atoms with Gasteiger partial charge in [-0.2, -0.15) is 0 Å². The lowest BCUT2D eigenvalue weighted by atomic mass is 9.94. The van der Waals surface area contributed by atoms with E-state index >= 15 is 0 Å². The molecule has 1 saturated heterocycles. The largest absolute Gasteiger partial charge is 0.381 e. The van der Waals surface area contributed by atoms with Crippen molar-refractivity contribution in [3.8, 4) is 0 Å². The Morgan fingerprint density at radius 1 is 1.37 bits per heavy atom. The van der Waals surface area contributed by atoms with Gasteiger partial charge in [-0.25, -0.2) is 15.0 Å². The highest BCUT2D eigenvalue weighted by atomic mass is 16.5. The Labute approximate surface area is 110 Å². The third-order valence-corrected chi connectivity index (χ3v) is 3.64.